The van der Waals surface area contributed by atoms with E-state index in [1.807, 2.05) is 4.72 Å². The van der Waals surface area contributed by atoms with Crippen molar-refractivity contribution in [3.05, 3.63) is 81.7 Å². The van der Waals surface area contributed by atoms with Crippen LogP contribution in [0.1, 0.15) is 5.56 Å². The number of hydrogen-bond acceptors (Lipinski definition) is 5. The molecule has 2 N–H and O–H groups in total. The number of para-hydroxylation sites is 1. The summed E-state index contributed by atoms with van der Waals surface area (Å²) in [7, 11) is -4.09. The first-order chi connectivity index (χ1) is 13.3. The number of hydrogen-bond donors (Lipinski definition) is 2. The lowest BCUT2D eigenvalue weighted by atomic mass is 10.2. The van der Waals surface area contributed by atoms with Gasteiger partial charge in [0.2, 0.25) is 0 Å². The first-order valence-corrected chi connectivity index (χ1v) is 9.88. The molecule has 144 valence electrons. The molecule has 0 aliphatic heterocycles. The fourth-order valence-corrected chi connectivity index (χ4v) is 3.79. The first kappa shape index (κ1) is 19.6. The predicted octanol–water partition coefficient (Wildman–Crippen LogP) is 2.70. The van der Waals surface area contributed by atoms with Gasteiger partial charge in [0.25, 0.3) is 15.6 Å². The largest absolute Gasteiger partial charge is 0.333 e. The first-order valence-electron chi connectivity index (χ1n) is 8.02. The fraction of sp³-hybridized carbons (Fsp3) is 0.0556. The Morgan fingerprint density at radius 1 is 1.07 bits per heavy atom. The number of aromatic nitrogens is 2. The van der Waals surface area contributed by atoms with E-state index in [-0.39, 0.29) is 15.6 Å². The second-order valence-corrected chi connectivity index (χ2v) is 7.78. The molecular formula is C18H15ClN4O4S. The van der Waals surface area contributed by atoms with Crippen molar-refractivity contribution in [2.24, 2.45) is 0 Å². The standard InChI is InChI=1S/C18H15ClN4O4S/c1-12-7-5-6-10-15(12)28(26,27)22-18(25)21-14-11-20-23(17(24)16(14)19)13-8-3-2-4-9-13/h2-11H,1H3,(H2,21,22,25). The van der Waals surface area contributed by atoms with Crippen molar-refractivity contribution < 1.29 is 13.2 Å². The highest BCUT2D eigenvalue weighted by atomic mass is 35.5. The highest BCUT2D eigenvalue weighted by molar-refractivity contribution is 7.90. The number of rotatable bonds is 4. The van der Waals surface area contributed by atoms with Gasteiger partial charge in [-0.1, -0.05) is 48.0 Å². The van der Waals surface area contributed by atoms with E-state index in [9.17, 15) is 18.0 Å². The maximum Gasteiger partial charge on any atom is 0.333 e. The summed E-state index contributed by atoms with van der Waals surface area (Å²) in [6.45, 7) is 1.61. The van der Waals surface area contributed by atoms with Crippen LogP contribution in [0.5, 0.6) is 0 Å². The summed E-state index contributed by atoms with van der Waals surface area (Å²) in [4.78, 5) is 24.5. The smallest absolute Gasteiger partial charge is 0.304 e. The highest BCUT2D eigenvalue weighted by Gasteiger charge is 2.21. The van der Waals surface area contributed by atoms with E-state index in [1.165, 1.54) is 6.07 Å². The Labute approximate surface area is 165 Å². The molecule has 28 heavy (non-hydrogen) atoms. The van der Waals surface area contributed by atoms with Gasteiger partial charge in [0, 0.05) is 0 Å². The average Bonchev–Trinajstić information content (AvgIpc) is 2.66. The summed E-state index contributed by atoms with van der Waals surface area (Å²) in [5.41, 5.74) is 0.198. The lowest BCUT2D eigenvalue weighted by molar-refractivity contribution is 0.256. The molecule has 3 rings (SSSR count). The molecule has 0 radical (unpaired) electrons. The number of anilines is 1. The Morgan fingerprint density at radius 2 is 1.71 bits per heavy atom. The van der Waals surface area contributed by atoms with E-state index in [2.05, 4.69) is 10.4 Å². The van der Waals surface area contributed by atoms with E-state index in [0.717, 1.165) is 10.9 Å². The zero-order valence-electron chi connectivity index (χ0n) is 14.6. The average molecular weight is 419 g/mol. The number of urea groups is 1. The van der Waals surface area contributed by atoms with E-state index >= 15 is 0 Å². The predicted molar refractivity (Wildman–Crippen MR) is 105 cm³/mol. The molecule has 0 saturated heterocycles. The number of carbonyl (C=O) groups excluding carboxylic acids is 1. The molecule has 2 aromatic carbocycles. The molecule has 10 heteroatoms. The molecule has 3 aromatic rings. The number of amides is 2. The minimum atomic E-state index is -4.09. The van der Waals surface area contributed by atoms with Gasteiger partial charge in [-0.05, 0) is 30.7 Å². The minimum absolute atomic E-state index is 0.0335. The van der Waals surface area contributed by atoms with Crippen molar-refractivity contribution in [2.45, 2.75) is 11.8 Å². The molecule has 1 heterocycles. The third-order valence-corrected chi connectivity index (χ3v) is 5.63. The topological polar surface area (TPSA) is 110 Å². The summed E-state index contributed by atoms with van der Waals surface area (Å²) in [6.07, 6.45) is 1.16. The third-order valence-electron chi connectivity index (χ3n) is 3.78. The summed E-state index contributed by atoms with van der Waals surface area (Å²) in [5.74, 6) is 0. The van der Waals surface area contributed by atoms with Crippen LogP contribution in [0.4, 0.5) is 10.5 Å². The van der Waals surface area contributed by atoms with Gasteiger partial charge in [0.05, 0.1) is 22.5 Å². The van der Waals surface area contributed by atoms with Gasteiger partial charge >= 0.3 is 6.03 Å². The highest BCUT2D eigenvalue weighted by Crippen LogP contribution is 2.18. The normalized spacial score (nSPS) is 11.1. The molecule has 2 amide bonds. The molecular weight excluding hydrogens is 404 g/mol. The van der Waals surface area contributed by atoms with Crippen LogP contribution in [-0.2, 0) is 10.0 Å². The van der Waals surface area contributed by atoms with Crippen molar-refractivity contribution >= 4 is 33.3 Å². The van der Waals surface area contributed by atoms with Gasteiger partial charge in [-0.3, -0.25) is 4.79 Å². The lowest BCUT2D eigenvalue weighted by Gasteiger charge is -2.12. The molecule has 8 nitrogen and oxygen atoms in total. The molecule has 0 bridgehead atoms. The van der Waals surface area contributed by atoms with Gasteiger partial charge in [0.15, 0.2) is 0 Å². The lowest BCUT2D eigenvalue weighted by Crippen LogP contribution is -2.35. The Bertz CT molecular complexity index is 1190. The van der Waals surface area contributed by atoms with Crippen molar-refractivity contribution in [1.29, 1.82) is 0 Å². The summed E-state index contributed by atoms with van der Waals surface area (Å²) in [6, 6.07) is 13.7. The minimum Gasteiger partial charge on any atom is -0.304 e. The molecule has 0 saturated carbocycles. The van der Waals surface area contributed by atoms with Gasteiger partial charge < -0.3 is 5.32 Å². The van der Waals surface area contributed by atoms with E-state index in [4.69, 9.17) is 11.6 Å². The van der Waals surface area contributed by atoms with Gasteiger partial charge in [-0.2, -0.15) is 9.78 Å². The molecule has 0 atom stereocenters. The van der Waals surface area contributed by atoms with Crippen molar-refractivity contribution in [3.8, 4) is 5.69 Å². The number of nitrogens with one attached hydrogen (secondary N) is 2. The second-order valence-electron chi connectivity index (χ2n) is 5.75. The Kier molecular flexibility index (Phi) is 5.48. The van der Waals surface area contributed by atoms with Crippen LogP contribution in [-0.4, -0.2) is 24.2 Å². The van der Waals surface area contributed by atoms with Crippen LogP contribution in [0.3, 0.4) is 0 Å². The molecule has 0 aliphatic carbocycles. The molecule has 0 spiro atoms. The van der Waals surface area contributed by atoms with Crippen molar-refractivity contribution in [2.75, 3.05) is 5.32 Å². The number of halogens is 1. The van der Waals surface area contributed by atoms with Gasteiger partial charge in [-0.15, -0.1) is 0 Å². The van der Waals surface area contributed by atoms with Gasteiger partial charge in [-0.25, -0.2) is 17.9 Å². The van der Waals surface area contributed by atoms with Crippen molar-refractivity contribution in [3.63, 3.8) is 0 Å². The fourth-order valence-electron chi connectivity index (χ4n) is 2.46. The van der Waals surface area contributed by atoms with E-state index in [1.54, 1.807) is 55.5 Å². The van der Waals surface area contributed by atoms with Crippen LogP contribution in [0.2, 0.25) is 5.02 Å². The van der Waals surface area contributed by atoms with Crippen LogP contribution in [0, 0.1) is 6.92 Å². The summed E-state index contributed by atoms with van der Waals surface area (Å²) < 4.78 is 27.7. The molecule has 0 fully saturated rings. The maximum absolute atomic E-state index is 12.4. The number of benzene rings is 2. The zero-order valence-corrected chi connectivity index (χ0v) is 16.2. The Morgan fingerprint density at radius 3 is 2.39 bits per heavy atom. The van der Waals surface area contributed by atoms with E-state index < -0.39 is 21.6 Å². The molecule has 0 aliphatic rings. The number of sulfonamides is 1. The SMILES string of the molecule is Cc1ccccc1S(=O)(=O)NC(=O)Nc1cnn(-c2ccccc2)c(=O)c1Cl. The molecule has 0 unspecified atom stereocenters. The number of aryl methyl sites for hydroxylation is 1. The van der Waals surface area contributed by atoms with Crippen LogP contribution in [0.15, 0.2) is 70.5 Å². The monoisotopic (exact) mass is 418 g/mol. The molecule has 1 aromatic heterocycles. The number of nitrogens with zero attached hydrogens (tertiary/aromatic N) is 2. The maximum atomic E-state index is 12.4. The third kappa shape index (κ3) is 4.05. The van der Waals surface area contributed by atoms with Gasteiger partial charge in [0.1, 0.15) is 5.02 Å². The second kappa shape index (κ2) is 7.83. The zero-order chi connectivity index (χ0) is 20.3. The van der Waals surface area contributed by atoms with Crippen molar-refractivity contribution in [1.82, 2.24) is 14.5 Å². The number of carbonyl (C=O) groups is 1. The van der Waals surface area contributed by atoms with Crippen LogP contribution in [0.25, 0.3) is 5.69 Å². The van der Waals surface area contributed by atoms with E-state index in [0.29, 0.717) is 11.3 Å². The Balaban J connectivity index is 1.83. The summed E-state index contributed by atoms with van der Waals surface area (Å²) in [5, 5.41) is 5.89. The quantitative estimate of drug-likeness (QED) is 0.676. The Hall–Kier alpha value is -3.17. The van der Waals surface area contributed by atoms with Crippen LogP contribution < -0.4 is 15.6 Å². The van der Waals surface area contributed by atoms with Crippen LogP contribution >= 0.6 is 11.6 Å². The summed E-state index contributed by atoms with van der Waals surface area (Å²) >= 11 is 6.04.